The molecule has 3 rings (SSSR count). The zero-order valence-corrected chi connectivity index (χ0v) is 12.2. The van der Waals surface area contributed by atoms with Crippen molar-refractivity contribution < 1.29 is 4.79 Å². The maximum Gasteiger partial charge on any atom is 0.256 e. The fourth-order valence-corrected chi connectivity index (χ4v) is 2.50. The quantitative estimate of drug-likeness (QED) is 0.721. The molecule has 0 aromatic heterocycles. The summed E-state index contributed by atoms with van der Waals surface area (Å²) in [6.07, 6.45) is 0. The van der Waals surface area contributed by atoms with Crippen LogP contribution in [0, 0.1) is 13.8 Å². The molecule has 104 valence electrons. The van der Waals surface area contributed by atoms with Crippen molar-refractivity contribution >= 4 is 22.4 Å². The Morgan fingerprint density at radius 3 is 2.43 bits per heavy atom. The van der Waals surface area contributed by atoms with Gasteiger partial charge < -0.3 is 5.32 Å². The number of amides is 1. The van der Waals surface area contributed by atoms with E-state index >= 15 is 0 Å². The monoisotopic (exact) mass is 275 g/mol. The summed E-state index contributed by atoms with van der Waals surface area (Å²) in [5.74, 6) is -0.0690. The normalized spacial score (nSPS) is 10.6. The first-order valence-corrected chi connectivity index (χ1v) is 7.02. The number of aryl methyl sites for hydroxylation is 1. The van der Waals surface area contributed by atoms with Crippen molar-refractivity contribution in [3.8, 4) is 0 Å². The van der Waals surface area contributed by atoms with Crippen molar-refractivity contribution in [1.29, 1.82) is 0 Å². The third kappa shape index (κ3) is 2.52. The van der Waals surface area contributed by atoms with Gasteiger partial charge in [-0.2, -0.15) is 0 Å². The van der Waals surface area contributed by atoms with E-state index in [1.54, 1.807) is 0 Å². The van der Waals surface area contributed by atoms with E-state index in [-0.39, 0.29) is 5.91 Å². The second kappa shape index (κ2) is 5.41. The van der Waals surface area contributed by atoms with Gasteiger partial charge in [0.15, 0.2) is 0 Å². The van der Waals surface area contributed by atoms with Crippen molar-refractivity contribution in [2.24, 2.45) is 0 Å². The van der Waals surface area contributed by atoms with Crippen molar-refractivity contribution in [2.45, 2.75) is 13.8 Å². The predicted molar refractivity (Wildman–Crippen MR) is 87.8 cm³/mol. The third-order valence-corrected chi connectivity index (χ3v) is 3.89. The summed E-state index contributed by atoms with van der Waals surface area (Å²) in [7, 11) is 0. The second-order valence-electron chi connectivity index (χ2n) is 5.23. The standard InChI is InChI=1S/C19H17NO/c1-13-7-5-12-18(14(13)2)20-19(21)17-11-6-9-15-8-3-4-10-16(15)17/h3-12H,1-2H3,(H,20,21). The maximum atomic E-state index is 12.6. The van der Waals surface area contributed by atoms with Gasteiger partial charge in [0.1, 0.15) is 0 Å². The van der Waals surface area contributed by atoms with Gasteiger partial charge in [-0.25, -0.2) is 0 Å². The highest BCUT2D eigenvalue weighted by Gasteiger charge is 2.11. The first-order valence-electron chi connectivity index (χ1n) is 7.02. The molecule has 0 atom stereocenters. The van der Waals surface area contributed by atoms with Crippen LogP contribution in [0.5, 0.6) is 0 Å². The minimum absolute atomic E-state index is 0.0690. The molecular formula is C19H17NO. The highest BCUT2D eigenvalue weighted by atomic mass is 16.1. The molecular weight excluding hydrogens is 258 g/mol. The van der Waals surface area contributed by atoms with Crippen LogP contribution in [0.1, 0.15) is 21.5 Å². The van der Waals surface area contributed by atoms with E-state index in [0.29, 0.717) is 5.56 Å². The molecule has 0 spiro atoms. The van der Waals surface area contributed by atoms with Crippen LogP contribution >= 0.6 is 0 Å². The van der Waals surface area contributed by atoms with Gasteiger partial charge in [0.05, 0.1) is 0 Å². The second-order valence-corrected chi connectivity index (χ2v) is 5.23. The summed E-state index contributed by atoms with van der Waals surface area (Å²) >= 11 is 0. The molecule has 1 N–H and O–H groups in total. The molecule has 0 aliphatic rings. The van der Waals surface area contributed by atoms with E-state index in [4.69, 9.17) is 0 Å². The van der Waals surface area contributed by atoms with Gasteiger partial charge in [0.2, 0.25) is 0 Å². The van der Waals surface area contributed by atoms with Crippen LogP contribution in [-0.2, 0) is 0 Å². The molecule has 0 radical (unpaired) electrons. The lowest BCUT2D eigenvalue weighted by Crippen LogP contribution is -2.13. The summed E-state index contributed by atoms with van der Waals surface area (Å²) in [5, 5.41) is 5.07. The molecule has 0 aliphatic heterocycles. The Morgan fingerprint density at radius 2 is 1.57 bits per heavy atom. The van der Waals surface area contributed by atoms with E-state index in [0.717, 1.165) is 22.0 Å². The lowest BCUT2D eigenvalue weighted by atomic mass is 10.0. The summed E-state index contributed by atoms with van der Waals surface area (Å²) in [6, 6.07) is 19.7. The van der Waals surface area contributed by atoms with Gasteiger partial charge in [0.25, 0.3) is 5.91 Å². The molecule has 1 amide bonds. The van der Waals surface area contributed by atoms with Crippen molar-refractivity contribution in [1.82, 2.24) is 0 Å². The molecule has 21 heavy (non-hydrogen) atoms. The van der Waals surface area contributed by atoms with Crippen molar-refractivity contribution in [3.63, 3.8) is 0 Å². The minimum atomic E-state index is -0.0690. The average Bonchev–Trinajstić information content (AvgIpc) is 2.51. The first kappa shape index (κ1) is 13.4. The van der Waals surface area contributed by atoms with Crippen LogP contribution in [0.15, 0.2) is 60.7 Å². The Hall–Kier alpha value is -2.61. The van der Waals surface area contributed by atoms with Gasteiger partial charge >= 0.3 is 0 Å². The summed E-state index contributed by atoms with van der Waals surface area (Å²) in [6.45, 7) is 4.07. The van der Waals surface area contributed by atoms with Crippen molar-refractivity contribution in [2.75, 3.05) is 5.32 Å². The lowest BCUT2D eigenvalue weighted by Gasteiger charge is -2.11. The SMILES string of the molecule is Cc1cccc(NC(=O)c2cccc3ccccc23)c1C. The Labute approximate surface area is 124 Å². The van der Waals surface area contributed by atoms with Crippen LogP contribution in [-0.4, -0.2) is 5.91 Å². The van der Waals surface area contributed by atoms with Gasteiger partial charge in [-0.1, -0.05) is 48.5 Å². The minimum Gasteiger partial charge on any atom is -0.322 e. The number of anilines is 1. The maximum absolute atomic E-state index is 12.6. The lowest BCUT2D eigenvalue weighted by molar-refractivity contribution is 0.102. The Kier molecular flexibility index (Phi) is 3.44. The molecule has 3 aromatic carbocycles. The number of fused-ring (bicyclic) bond motifs is 1. The fourth-order valence-electron chi connectivity index (χ4n) is 2.50. The number of rotatable bonds is 2. The molecule has 2 nitrogen and oxygen atoms in total. The first-order chi connectivity index (χ1) is 10.2. The van der Waals surface area contributed by atoms with E-state index in [9.17, 15) is 4.79 Å². The van der Waals surface area contributed by atoms with Gasteiger partial charge in [-0.15, -0.1) is 0 Å². The summed E-state index contributed by atoms with van der Waals surface area (Å²) < 4.78 is 0. The summed E-state index contributed by atoms with van der Waals surface area (Å²) in [4.78, 5) is 12.6. The molecule has 2 heteroatoms. The van der Waals surface area contributed by atoms with Gasteiger partial charge in [-0.05, 0) is 47.9 Å². The Morgan fingerprint density at radius 1 is 0.857 bits per heavy atom. The number of benzene rings is 3. The average molecular weight is 275 g/mol. The molecule has 0 bridgehead atoms. The third-order valence-electron chi connectivity index (χ3n) is 3.89. The number of hydrogen-bond acceptors (Lipinski definition) is 1. The van der Waals surface area contributed by atoms with Crippen LogP contribution in [0.3, 0.4) is 0 Å². The zero-order valence-electron chi connectivity index (χ0n) is 12.2. The molecule has 0 fully saturated rings. The van der Waals surface area contributed by atoms with E-state index in [1.807, 2.05) is 74.5 Å². The van der Waals surface area contributed by atoms with E-state index in [1.165, 1.54) is 5.56 Å². The number of carbonyl (C=O) groups is 1. The predicted octanol–water partition coefficient (Wildman–Crippen LogP) is 4.71. The molecule has 3 aromatic rings. The number of carbonyl (C=O) groups excluding carboxylic acids is 1. The van der Waals surface area contributed by atoms with Crippen LogP contribution < -0.4 is 5.32 Å². The number of hydrogen-bond donors (Lipinski definition) is 1. The van der Waals surface area contributed by atoms with Crippen LogP contribution in [0.25, 0.3) is 10.8 Å². The number of nitrogens with one attached hydrogen (secondary N) is 1. The fraction of sp³-hybridized carbons (Fsp3) is 0.105. The molecule has 0 unspecified atom stereocenters. The topological polar surface area (TPSA) is 29.1 Å². The van der Waals surface area contributed by atoms with Crippen LogP contribution in [0.2, 0.25) is 0 Å². The smallest absolute Gasteiger partial charge is 0.256 e. The molecule has 0 aliphatic carbocycles. The highest BCUT2D eigenvalue weighted by Crippen LogP contribution is 2.22. The van der Waals surface area contributed by atoms with Gasteiger partial charge in [0, 0.05) is 11.3 Å². The van der Waals surface area contributed by atoms with E-state index < -0.39 is 0 Å². The summed E-state index contributed by atoms with van der Waals surface area (Å²) in [5.41, 5.74) is 3.85. The highest BCUT2D eigenvalue weighted by molar-refractivity contribution is 6.13. The largest absolute Gasteiger partial charge is 0.322 e. The van der Waals surface area contributed by atoms with Gasteiger partial charge in [-0.3, -0.25) is 4.79 Å². The van der Waals surface area contributed by atoms with Crippen LogP contribution in [0.4, 0.5) is 5.69 Å². The van der Waals surface area contributed by atoms with Crippen molar-refractivity contribution in [3.05, 3.63) is 77.4 Å². The molecule has 0 heterocycles. The Bertz CT molecular complexity index is 815. The Balaban J connectivity index is 2.00. The zero-order chi connectivity index (χ0) is 14.8. The molecule has 0 saturated carbocycles. The van der Waals surface area contributed by atoms with E-state index in [2.05, 4.69) is 5.32 Å². The molecule has 0 saturated heterocycles.